The Labute approximate surface area is 145 Å². The van der Waals surface area contributed by atoms with Crippen molar-refractivity contribution in [2.45, 2.75) is 25.7 Å². The van der Waals surface area contributed by atoms with Crippen molar-refractivity contribution in [3.63, 3.8) is 0 Å². The Morgan fingerprint density at radius 2 is 2.00 bits per heavy atom. The second-order valence-corrected chi connectivity index (χ2v) is 6.55. The van der Waals surface area contributed by atoms with Gasteiger partial charge in [0.2, 0.25) is 0 Å². The summed E-state index contributed by atoms with van der Waals surface area (Å²) < 4.78 is 26.7. The second kappa shape index (κ2) is 7.64. The number of para-hydroxylation sites is 1. The summed E-state index contributed by atoms with van der Waals surface area (Å²) in [7, 11) is 0. The van der Waals surface area contributed by atoms with Crippen LogP contribution in [0.5, 0.6) is 5.75 Å². The summed E-state index contributed by atoms with van der Waals surface area (Å²) in [6.45, 7) is 1.25. The minimum atomic E-state index is -0.571. The zero-order chi connectivity index (χ0) is 17.8. The maximum Gasteiger partial charge on any atom is 0.257 e. The Bertz CT molecular complexity index is 763. The summed E-state index contributed by atoms with van der Waals surface area (Å²) in [5, 5.41) is 9.86. The highest BCUT2D eigenvalue weighted by molar-refractivity contribution is 5.96. The highest BCUT2D eigenvalue weighted by Gasteiger charge is 2.25. The number of benzene rings is 2. The maximum atomic E-state index is 13.7. The molecule has 1 heterocycles. The van der Waals surface area contributed by atoms with Gasteiger partial charge in [-0.15, -0.1) is 0 Å². The molecule has 2 aromatic rings. The predicted molar refractivity (Wildman–Crippen MR) is 91.4 cm³/mol. The average Bonchev–Trinajstić information content (AvgIpc) is 2.61. The topological polar surface area (TPSA) is 40.5 Å². The van der Waals surface area contributed by atoms with Gasteiger partial charge in [0.25, 0.3) is 5.91 Å². The van der Waals surface area contributed by atoms with Gasteiger partial charge >= 0.3 is 0 Å². The van der Waals surface area contributed by atoms with E-state index in [9.17, 15) is 18.7 Å². The van der Waals surface area contributed by atoms with Crippen molar-refractivity contribution in [1.29, 1.82) is 0 Å². The highest BCUT2D eigenvalue weighted by Crippen LogP contribution is 2.25. The third-order valence-electron chi connectivity index (χ3n) is 4.78. The van der Waals surface area contributed by atoms with Gasteiger partial charge in [0.05, 0.1) is 5.56 Å². The SMILES string of the molecule is O=C(c1ccccc1O)N1CCC[C@@H](CCc2ccc(F)cc2F)C1. The van der Waals surface area contributed by atoms with E-state index in [1.165, 1.54) is 18.2 Å². The number of piperidine rings is 1. The number of hydrogen-bond donors (Lipinski definition) is 1. The fourth-order valence-corrected chi connectivity index (χ4v) is 3.39. The molecule has 5 heteroatoms. The van der Waals surface area contributed by atoms with Gasteiger partial charge in [0.1, 0.15) is 17.4 Å². The number of likely N-dealkylation sites (tertiary alicyclic amines) is 1. The van der Waals surface area contributed by atoms with Crippen molar-refractivity contribution in [3.8, 4) is 5.75 Å². The van der Waals surface area contributed by atoms with Crippen LogP contribution in [-0.2, 0) is 6.42 Å². The van der Waals surface area contributed by atoms with E-state index in [-0.39, 0.29) is 17.6 Å². The van der Waals surface area contributed by atoms with Crippen LogP contribution in [-0.4, -0.2) is 29.0 Å². The molecule has 25 heavy (non-hydrogen) atoms. The minimum absolute atomic E-state index is 0.0111. The normalized spacial score (nSPS) is 17.5. The van der Waals surface area contributed by atoms with Crippen LogP contribution in [0.25, 0.3) is 0 Å². The van der Waals surface area contributed by atoms with E-state index < -0.39 is 11.6 Å². The molecule has 1 atom stereocenters. The molecule has 3 rings (SSSR count). The number of carbonyl (C=O) groups is 1. The van der Waals surface area contributed by atoms with E-state index >= 15 is 0 Å². The van der Waals surface area contributed by atoms with Crippen molar-refractivity contribution in [2.75, 3.05) is 13.1 Å². The van der Waals surface area contributed by atoms with E-state index in [1.807, 2.05) is 0 Å². The summed E-state index contributed by atoms with van der Waals surface area (Å²) in [6, 6.07) is 10.2. The number of nitrogens with zero attached hydrogens (tertiary/aromatic N) is 1. The number of aromatic hydroxyl groups is 1. The van der Waals surface area contributed by atoms with E-state index in [1.54, 1.807) is 23.1 Å². The standard InChI is InChI=1S/C20H21F2NO2/c21-16-10-9-15(18(22)12-16)8-7-14-4-3-11-23(13-14)20(25)17-5-1-2-6-19(17)24/h1-2,5-6,9-10,12,14,24H,3-4,7-8,11,13H2/t14-/m0/s1. The van der Waals surface area contributed by atoms with E-state index in [2.05, 4.69) is 0 Å². The Morgan fingerprint density at radius 3 is 2.76 bits per heavy atom. The molecule has 0 radical (unpaired) electrons. The average molecular weight is 345 g/mol. The van der Waals surface area contributed by atoms with Gasteiger partial charge in [-0.05, 0) is 55.4 Å². The lowest BCUT2D eigenvalue weighted by atomic mass is 9.91. The first-order valence-corrected chi connectivity index (χ1v) is 8.56. The number of phenols is 1. The third kappa shape index (κ3) is 4.16. The Hall–Kier alpha value is -2.43. The fraction of sp³-hybridized carbons (Fsp3) is 0.350. The van der Waals surface area contributed by atoms with Gasteiger partial charge < -0.3 is 10.0 Å². The van der Waals surface area contributed by atoms with Crippen molar-refractivity contribution in [2.24, 2.45) is 5.92 Å². The largest absolute Gasteiger partial charge is 0.507 e. The molecular formula is C20H21F2NO2. The first-order chi connectivity index (χ1) is 12.0. The molecule has 0 aliphatic carbocycles. The van der Waals surface area contributed by atoms with Gasteiger partial charge in [-0.25, -0.2) is 8.78 Å². The minimum Gasteiger partial charge on any atom is -0.507 e. The van der Waals surface area contributed by atoms with Crippen molar-refractivity contribution >= 4 is 5.91 Å². The molecule has 0 bridgehead atoms. The fourth-order valence-electron chi connectivity index (χ4n) is 3.39. The Morgan fingerprint density at radius 1 is 1.20 bits per heavy atom. The van der Waals surface area contributed by atoms with E-state index in [0.717, 1.165) is 25.3 Å². The van der Waals surface area contributed by atoms with Crippen molar-refractivity contribution < 1.29 is 18.7 Å². The number of amides is 1. The van der Waals surface area contributed by atoms with Crippen molar-refractivity contribution in [1.82, 2.24) is 4.90 Å². The van der Waals surface area contributed by atoms with Crippen LogP contribution < -0.4 is 0 Å². The maximum absolute atomic E-state index is 13.7. The summed E-state index contributed by atoms with van der Waals surface area (Å²) in [4.78, 5) is 14.4. The smallest absolute Gasteiger partial charge is 0.257 e. The number of phenolic OH excluding ortho intramolecular Hbond substituents is 1. The van der Waals surface area contributed by atoms with Crippen LogP contribution in [0, 0.1) is 17.6 Å². The first-order valence-electron chi connectivity index (χ1n) is 8.56. The number of halogens is 2. The predicted octanol–water partition coefficient (Wildman–Crippen LogP) is 4.16. The number of hydrogen-bond acceptors (Lipinski definition) is 2. The molecule has 132 valence electrons. The summed E-state index contributed by atoms with van der Waals surface area (Å²) in [5.74, 6) is -0.997. The monoisotopic (exact) mass is 345 g/mol. The van der Waals surface area contributed by atoms with Gasteiger partial charge in [-0.3, -0.25) is 4.79 Å². The summed E-state index contributed by atoms with van der Waals surface area (Å²) >= 11 is 0. The molecule has 1 aliphatic heterocycles. The molecule has 0 saturated carbocycles. The lowest BCUT2D eigenvalue weighted by molar-refractivity contribution is 0.0665. The number of carbonyl (C=O) groups excluding carboxylic acids is 1. The molecule has 1 fully saturated rings. The summed E-state index contributed by atoms with van der Waals surface area (Å²) in [5.41, 5.74) is 0.818. The Kier molecular flexibility index (Phi) is 5.31. The summed E-state index contributed by atoms with van der Waals surface area (Å²) in [6.07, 6.45) is 3.13. The van der Waals surface area contributed by atoms with Crippen molar-refractivity contribution in [3.05, 3.63) is 65.2 Å². The quantitative estimate of drug-likeness (QED) is 0.904. The molecular weight excluding hydrogens is 324 g/mol. The zero-order valence-corrected chi connectivity index (χ0v) is 13.9. The molecule has 0 unspecified atom stereocenters. The molecule has 1 saturated heterocycles. The third-order valence-corrected chi connectivity index (χ3v) is 4.78. The molecule has 1 amide bonds. The van der Waals surface area contributed by atoms with Crippen LogP contribution in [0.4, 0.5) is 8.78 Å². The first kappa shape index (κ1) is 17.4. The molecule has 2 aromatic carbocycles. The van der Waals surface area contributed by atoms with Gasteiger partial charge in [0, 0.05) is 19.2 Å². The molecule has 3 nitrogen and oxygen atoms in total. The lowest BCUT2D eigenvalue weighted by Gasteiger charge is -2.33. The molecule has 0 aromatic heterocycles. The van der Waals surface area contributed by atoms with Gasteiger partial charge in [-0.1, -0.05) is 18.2 Å². The molecule has 0 spiro atoms. The van der Waals surface area contributed by atoms with Crippen LogP contribution in [0.3, 0.4) is 0 Å². The zero-order valence-electron chi connectivity index (χ0n) is 13.9. The van der Waals surface area contributed by atoms with Gasteiger partial charge in [0.15, 0.2) is 0 Å². The van der Waals surface area contributed by atoms with Gasteiger partial charge in [-0.2, -0.15) is 0 Å². The Balaban J connectivity index is 1.61. The highest BCUT2D eigenvalue weighted by atomic mass is 19.1. The van der Waals surface area contributed by atoms with Crippen LogP contribution in [0.1, 0.15) is 35.2 Å². The molecule has 1 aliphatic rings. The van der Waals surface area contributed by atoms with Crippen LogP contribution >= 0.6 is 0 Å². The van der Waals surface area contributed by atoms with E-state index in [0.29, 0.717) is 30.6 Å². The van der Waals surface area contributed by atoms with Crippen LogP contribution in [0.15, 0.2) is 42.5 Å². The lowest BCUT2D eigenvalue weighted by Crippen LogP contribution is -2.40. The number of aryl methyl sites for hydroxylation is 1. The van der Waals surface area contributed by atoms with Crippen LogP contribution in [0.2, 0.25) is 0 Å². The molecule has 1 N–H and O–H groups in total. The van der Waals surface area contributed by atoms with E-state index in [4.69, 9.17) is 0 Å². The number of rotatable bonds is 4. The second-order valence-electron chi connectivity index (χ2n) is 6.55.